The van der Waals surface area contributed by atoms with Crippen LogP contribution in [0.4, 0.5) is 0 Å². The van der Waals surface area contributed by atoms with Gasteiger partial charge in [0.15, 0.2) is 0 Å². The van der Waals surface area contributed by atoms with E-state index in [1.54, 1.807) is 0 Å². The smallest absolute Gasteiger partial charge is 0.0231 e. The van der Waals surface area contributed by atoms with E-state index in [9.17, 15) is 0 Å². The average Bonchev–Trinajstić information content (AvgIpc) is 2.46. The number of benzene rings is 1. The minimum absolute atomic E-state index is 0.603. The van der Waals surface area contributed by atoms with Gasteiger partial charge in [-0.1, -0.05) is 43.4 Å². The third-order valence-electron chi connectivity index (χ3n) is 4.76. The van der Waals surface area contributed by atoms with Crippen molar-refractivity contribution in [3.63, 3.8) is 0 Å². The van der Waals surface area contributed by atoms with E-state index in [-0.39, 0.29) is 0 Å². The molecule has 126 valence electrons. The van der Waals surface area contributed by atoms with Crippen LogP contribution in [0, 0.1) is 25.7 Å². The van der Waals surface area contributed by atoms with Crippen LogP contribution in [0.15, 0.2) is 42.0 Å². The van der Waals surface area contributed by atoms with Crippen LogP contribution in [0.25, 0.3) is 0 Å². The summed E-state index contributed by atoms with van der Waals surface area (Å²) in [6.07, 6.45) is 7.14. The molecule has 1 unspecified atom stereocenters. The van der Waals surface area contributed by atoms with Crippen molar-refractivity contribution < 1.29 is 0 Å². The molecule has 0 fully saturated rings. The molecule has 23 heavy (non-hydrogen) atoms. The van der Waals surface area contributed by atoms with Crippen molar-refractivity contribution in [2.75, 3.05) is 34.2 Å². The molecule has 0 saturated heterocycles. The van der Waals surface area contributed by atoms with Crippen LogP contribution in [0.2, 0.25) is 0 Å². The zero-order valence-corrected chi connectivity index (χ0v) is 15.6. The number of likely N-dealkylation sites (N-methyl/N-ethyl adjacent to an activating group) is 1. The van der Waals surface area contributed by atoms with Crippen molar-refractivity contribution >= 4 is 0 Å². The molecular formula is C21H32N2. The van der Waals surface area contributed by atoms with Gasteiger partial charge < -0.3 is 9.80 Å². The van der Waals surface area contributed by atoms with Gasteiger partial charge in [0.2, 0.25) is 0 Å². The minimum atomic E-state index is 0.603. The Bertz CT molecular complexity index is 584. The van der Waals surface area contributed by atoms with Crippen LogP contribution >= 0.6 is 0 Å². The van der Waals surface area contributed by atoms with Gasteiger partial charge in [-0.3, -0.25) is 0 Å². The predicted molar refractivity (Wildman–Crippen MR) is 101 cm³/mol. The maximum atomic E-state index is 2.47. The van der Waals surface area contributed by atoms with E-state index < -0.39 is 0 Å². The van der Waals surface area contributed by atoms with Crippen molar-refractivity contribution in [2.45, 2.75) is 27.3 Å². The van der Waals surface area contributed by atoms with E-state index in [4.69, 9.17) is 0 Å². The van der Waals surface area contributed by atoms with Gasteiger partial charge in [0, 0.05) is 19.6 Å². The monoisotopic (exact) mass is 312 g/mol. The first-order chi connectivity index (χ1) is 10.8. The molecular weight excluding hydrogens is 280 g/mol. The highest BCUT2D eigenvalue weighted by atomic mass is 15.1. The van der Waals surface area contributed by atoms with E-state index in [0.29, 0.717) is 11.8 Å². The second-order valence-electron chi connectivity index (χ2n) is 7.48. The molecule has 0 N–H and O–H groups in total. The first-order valence-electron chi connectivity index (χ1n) is 8.63. The zero-order valence-electron chi connectivity index (χ0n) is 15.6. The third kappa shape index (κ3) is 5.33. The largest absolute Gasteiger partial charge is 0.305 e. The summed E-state index contributed by atoms with van der Waals surface area (Å²) in [4.78, 5) is 4.69. The summed E-state index contributed by atoms with van der Waals surface area (Å²) < 4.78 is 0. The van der Waals surface area contributed by atoms with Crippen molar-refractivity contribution in [3.05, 3.63) is 58.7 Å². The lowest BCUT2D eigenvalue weighted by molar-refractivity contribution is 0.268. The fourth-order valence-corrected chi connectivity index (χ4v) is 3.23. The molecule has 1 aliphatic carbocycles. The summed E-state index contributed by atoms with van der Waals surface area (Å²) in [6.45, 7) is 9.86. The van der Waals surface area contributed by atoms with Gasteiger partial charge >= 0.3 is 0 Å². The molecule has 0 bridgehead atoms. The molecule has 2 atom stereocenters. The minimum Gasteiger partial charge on any atom is -0.305 e. The first-order valence-corrected chi connectivity index (χ1v) is 8.63. The Morgan fingerprint density at radius 2 is 1.74 bits per heavy atom. The number of hydrogen-bond acceptors (Lipinski definition) is 2. The van der Waals surface area contributed by atoms with Crippen molar-refractivity contribution in [3.8, 4) is 0 Å². The highest BCUT2D eigenvalue weighted by Gasteiger charge is 2.19. The summed E-state index contributed by atoms with van der Waals surface area (Å²) in [5.74, 6) is 1.22. The highest BCUT2D eigenvalue weighted by Crippen LogP contribution is 2.24. The van der Waals surface area contributed by atoms with E-state index in [2.05, 4.69) is 88.1 Å². The van der Waals surface area contributed by atoms with E-state index in [1.165, 1.54) is 22.3 Å². The number of allylic oxidation sites excluding steroid dienone is 1. The standard InChI is InChI=1S/C21H32N2/c1-16-7-9-19(11-18(16)3)14-23(6)15-21-12-20(13-22(4)5)10-8-17(21)2/h7-12,17,21H,13-15H2,1-6H3/t17-,21?/m0/s1. The SMILES string of the molecule is Cc1ccc(CN(C)CC2C=C(CN(C)C)C=C[C@@H]2C)cc1C. The molecule has 2 nitrogen and oxygen atoms in total. The normalized spacial score (nSPS) is 21.1. The Labute approximate surface area is 142 Å². The molecule has 0 spiro atoms. The quantitative estimate of drug-likeness (QED) is 0.782. The van der Waals surface area contributed by atoms with Crippen LogP contribution in [-0.4, -0.2) is 44.0 Å². The highest BCUT2D eigenvalue weighted by molar-refractivity contribution is 5.30. The van der Waals surface area contributed by atoms with Gasteiger partial charge in [0.1, 0.15) is 0 Å². The lowest BCUT2D eigenvalue weighted by Gasteiger charge is -2.29. The molecule has 0 saturated carbocycles. The van der Waals surface area contributed by atoms with Crippen molar-refractivity contribution in [2.24, 2.45) is 11.8 Å². The fraction of sp³-hybridized carbons (Fsp3) is 0.524. The maximum Gasteiger partial charge on any atom is 0.0231 e. The lowest BCUT2D eigenvalue weighted by atomic mass is 9.86. The average molecular weight is 313 g/mol. The molecule has 0 heterocycles. The second-order valence-corrected chi connectivity index (χ2v) is 7.48. The molecule has 0 aliphatic heterocycles. The summed E-state index contributed by atoms with van der Waals surface area (Å²) in [6, 6.07) is 6.82. The lowest BCUT2D eigenvalue weighted by Crippen LogP contribution is -2.29. The van der Waals surface area contributed by atoms with E-state index in [1.807, 2.05) is 0 Å². The Kier molecular flexibility index (Phi) is 6.20. The topological polar surface area (TPSA) is 6.48 Å². The molecule has 2 heteroatoms. The molecule has 0 amide bonds. The molecule has 0 radical (unpaired) electrons. The Morgan fingerprint density at radius 1 is 1.00 bits per heavy atom. The summed E-state index contributed by atoms with van der Waals surface area (Å²) in [5, 5.41) is 0. The van der Waals surface area contributed by atoms with Crippen LogP contribution in [0.1, 0.15) is 23.6 Å². The number of nitrogens with zero attached hydrogens (tertiary/aromatic N) is 2. The number of hydrogen-bond donors (Lipinski definition) is 0. The predicted octanol–water partition coefficient (Wildman–Crippen LogP) is 4.05. The summed E-state index contributed by atoms with van der Waals surface area (Å²) in [7, 11) is 6.50. The van der Waals surface area contributed by atoms with E-state index >= 15 is 0 Å². The zero-order chi connectivity index (χ0) is 17.0. The van der Waals surface area contributed by atoms with E-state index in [0.717, 1.165) is 19.6 Å². The summed E-state index contributed by atoms with van der Waals surface area (Å²) >= 11 is 0. The van der Waals surface area contributed by atoms with Gasteiger partial charge in [-0.2, -0.15) is 0 Å². The number of rotatable bonds is 6. The first kappa shape index (κ1) is 18.0. The van der Waals surface area contributed by atoms with Crippen LogP contribution < -0.4 is 0 Å². The summed E-state index contributed by atoms with van der Waals surface area (Å²) in [5.41, 5.74) is 5.61. The second kappa shape index (κ2) is 7.94. The fourth-order valence-electron chi connectivity index (χ4n) is 3.23. The Hall–Kier alpha value is -1.38. The molecule has 1 aromatic rings. The Balaban J connectivity index is 1.97. The van der Waals surface area contributed by atoms with Gasteiger partial charge in [0.05, 0.1) is 0 Å². The number of aryl methyl sites for hydroxylation is 2. The van der Waals surface area contributed by atoms with Gasteiger partial charge in [-0.15, -0.1) is 0 Å². The molecule has 2 rings (SSSR count). The third-order valence-corrected chi connectivity index (χ3v) is 4.76. The molecule has 0 aromatic heterocycles. The van der Waals surface area contributed by atoms with Gasteiger partial charge in [-0.05, 0) is 69.1 Å². The van der Waals surface area contributed by atoms with Crippen molar-refractivity contribution in [1.29, 1.82) is 0 Å². The molecule has 1 aromatic carbocycles. The van der Waals surface area contributed by atoms with Crippen molar-refractivity contribution in [1.82, 2.24) is 9.80 Å². The van der Waals surface area contributed by atoms with Gasteiger partial charge in [0.25, 0.3) is 0 Å². The van der Waals surface area contributed by atoms with Gasteiger partial charge in [-0.25, -0.2) is 0 Å². The maximum absolute atomic E-state index is 2.47. The van der Waals surface area contributed by atoms with Crippen LogP contribution in [0.5, 0.6) is 0 Å². The Morgan fingerprint density at radius 3 is 2.39 bits per heavy atom. The molecule has 1 aliphatic rings. The van der Waals surface area contributed by atoms with Crippen LogP contribution in [0.3, 0.4) is 0 Å². The van der Waals surface area contributed by atoms with Crippen LogP contribution in [-0.2, 0) is 6.54 Å².